The molecule has 0 spiro atoms. The zero-order chi connectivity index (χ0) is 15.6. The Balaban J connectivity index is 1.85. The third kappa shape index (κ3) is 3.78. The van der Waals surface area contributed by atoms with E-state index in [1.54, 1.807) is 0 Å². The molecule has 0 aromatic rings. The molecule has 5 atom stereocenters. The lowest BCUT2D eigenvalue weighted by Crippen LogP contribution is -2.31. The zero-order valence-corrected chi connectivity index (χ0v) is 13.5. The number of ether oxygens (including phenoxy) is 1. The van der Waals surface area contributed by atoms with Crippen molar-refractivity contribution >= 4 is 5.97 Å². The fraction of sp³-hybridized carbons (Fsp3) is 0.941. The maximum atomic E-state index is 11.4. The number of esters is 1. The summed E-state index contributed by atoms with van der Waals surface area (Å²) in [6, 6.07) is 0. The van der Waals surface area contributed by atoms with Crippen LogP contribution in [0.3, 0.4) is 0 Å². The molecule has 0 aromatic heterocycles. The number of aliphatic hydroxyl groups excluding tert-OH is 2. The zero-order valence-electron chi connectivity index (χ0n) is 13.5. The van der Waals surface area contributed by atoms with Crippen molar-refractivity contribution in [1.29, 1.82) is 0 Å². The number of fused-ring (bicyclic) bond motifs is 1. The van der Waals surface area contributed by atoms with E-state index in [2.05, 4.69) is 20.8 Å². The van der Waals surface area contributed by atoms with Gasteiger partial charge in [0, 0.05) is 12.3 Å². The Labute approximate surface area is 127 Å². The molecule has 4 heteroatoms. The summed E-state index contributed by atoms with van der Waals surface area (Å²) >= 11 is 0. The van der Waals surface area contributed by atoms with Crippen molar-refractivity contribution in [1.82, 2.24) is 0 Å². The maximum absolute atomic E-state index is 11.4. The van der Waals surface area contributed by atoms with E-state index in [0.717, 1.165) is 25.7 Å². The molecule has 0 amide bonds. The molecule has 2 N–H and O–H groups in total. The second-order valence-corrected chi connectivity index (χ2v) is 7.55. The van der Waals surface area contributed by atoms with Crippen LogP contribution < -0.4 is 0 Å². The first-order valence-corrected chi connectivity index (χ1v) is 8.40. The third-order valence-electron chi connectivity index (χ3n) is 5.53. The topological polar surface area (TPSA) is 66.8 Å². The molecule has 0 radical (unpaired) electrons. The molecule has 4 nitrogen and oxygen atoms in total. The van der Waals surface area contributed by atoms with E-state index < -0.39 is 0 Å². The van der Waals surface area contributed by atoms with Crippen molar-refractivity contribution in [3.8, 4) is 0 Å². The standard InChI is InChI=1S/C17H30O4/c1-4-5-8-17(2,3)15(19)7-6-11-12-9-16(20)21-14(12)10-13(11)18/h11-15,18-19H,4-10H2,1-3H3/t11?,12-,13?,14-,15-/m1/s1. The minimum Gasteiger partial charge on any atom is -0.462 e. The van der Waals surface area contributed by atoms with Crippen molar-refractivity contribution in [3.05, 3.63) is 0 Å². The number of hydrogen-bond acceptors (Lipinski definition) is 4. The Morgan fingerprint density at radius 1 is 1.43 bits per heavy atom. The van der Waals surface area contributed by atoms with E-state index in [1.165, 1.54) is 0 Å². The molecule has 2 rings (SSSR count). The smallest absolute Gasteiger partial charge is 0.306 e. The van der Waals surface area contributed by atoms with Crippen LogP contribution in [-0.4, -0.2) is 34.5 Å². The van der Waals surface area contributed by atoms with Gasteiger partial charge in [-0.15, -0.1) is 0 Å². The van der Waals surface area contributed by atoms with Crippen molar-refractivity contribution in [2.24, 2.45) is 17.3 Å². The normalized spacial score (nSPS) is 33.9. The van der Waals surface area contributed by atoms with E-state index >= 15 is 0 Å². The van der Waals surface area contributed by atoms with Gasteiger partial charge in [0.1, 0.15) is 6.10 Å². The molecule has 1 saturated carbocycles. The van der Waals surface area contributed by atoms with Crippen molar-refractivity contribution in [2.45, 2.75) is 84.0 Å². The Morgan fingerprint density at radius 3 is 2.81 bits per heavy atom. The molecular weight excluding hydrogens is 268 g/mol. The molecule has 2 fully saturated rings. The summed E-state index contributed by atoms with van der Waals surface area (Å²) in [6.07, 6.45) is 4.91. The van der Waals surface area contributed by atoms with Gasteiger partial charge in [-0.1, -0.05) is 33.6 Å². The number of rotatable bonds is 7. The number of hydrogen-bond donors (Lipinski definition) is 2. The van der Waals surface area contributed by atoms with E-state index in [-0.39, 0.29) is 41.5 Å². The van der Waals surface area contributed by atoms with Crippen LogP contribution >= 0.6 is 0 Å². The van der Waals surface area contributed by atoms with Crippen LogP contribution in [0.1, 0.15) is 65.7 Å². The SMILES string of the molecule is CCCCC(C)(C)[C@H](O)CCC1C(O)C[C@H]2OC(=O)C[C@H]12. The molecule has 1 aliphatic carbocycles. The highest BCUT2D eigenvalue weighted by Crippen LogP contribution is 2.44. The fourth-order valence-corrected chi connectivity index (χ4v) is 3.92. The minimum atomic E-state index is -0.390. The van der Waals surface area contributed by atoms with Gasteiger partial charge in [0.25, 0.3) is 0 Å². The van der Waals surface area contributed by atoms with Gasteiger partial charge >= 0.3 is 5.97 Å². The summed E-state index contributed by atoms with van der Waals surface area (Å²) in [6.45, 7) is 6.39. The van der Waals surface area contributed by atoms with Gasteiger partial charge in [-0.05, 0) is 30.6 Å². The Kier molecular flexibility index (Phi) is 5.31. The fourth-order valence-electron chi connectivity index (χ4n) is 3.92. The Bertz CT molecular complexity index is 366. The number of unbranched alkanes of at least 4 members (excludes halogenated alkanes) is 1. The second kappa shape index (κ2) is 6.66. The lowest BCUT2D eigenvalue weighted by Gasteiger charge is -2.32. The summed E-state index contributed by atoms with van der Waals surface area (Å²) < 4.78 is 5.25. The van der Waals surface area contributed by atoms with Gasteiger partial charge in [0.2, 0.25) is 0 Å². The summed E-state index contributed by atoms with van der Waals surface area (Å²) in [5, 5.41) is 20.6. The van der Waals surface area contributed by atoms with Crippen molar-refractivity contribution < 1.29 is 19.7 Å². The van der Waals surface area contributed by atoms with Gasteiger partial charge in [0.15, 0.2) is 0 Å². The first-order chi connectivity index (χ1) is 9.85. The molecule has 1 aliphatic heterocycles. The van der Waals surface area contributed by atoms with Crippen molar-refractivity contribution in [2.75, 3.05) is 0 Å². The van der Waals surface area contributed by atoms with E-state index in [9.17, 15) is 15.0 Å². The van der Waals surface area contributed by atoms with Crippen LogP contribution in [0.5, 0.6) is 0 Å². The average molecular weight is 298 g/mol. The number of carbonyl (C=O) groups is 1. The van der Waals surface area contributed by atoms with Crippen molar-refractivity contribution in [3.63, 3.8) is 0 Å². The quantitative estimate of drug-likeness (QED) is 0.709. The monoisotopic (exact) mass is 298 g/mol. The summed E-state index contributed by atoms with van der Waals surface area (Å²) in [5.74, 6) is 0.113. The van der Waals surface area contributed by atoms with E-state index in [1.807, 2.05) is 0 Å². The molecule has 2 aliphatic rings. The Hall–Kier alpha value is -0.610. The van der Waals surface area contributed by atoms with Gasteiger partial charge in [-0.25, -0.2) is 0 Å². The van der Waals surface area contributed by atoms with Gasteiger partial charge < -0.3 is 14.9 Å². The molecule has 1 saturated heterocycles. The first kappa shape index (κ1) is 16.8. The highest BCUT2D eigenvalue weighted by atomic mass is 16.6. The number of aliphatic hydroxyl groups is 2. The molecular formula is C17H30O4. The third-order valence-corrected chi connectivity index (χ3v) is 5.53. The van der Waals surface area contributed by atoms with Gasteiger partial charge in [-0.3, -0.25) is 4.79 Å². The molecule has 122 valence electrons. The molecule has 0 bridgehead atoms. The van der Waals surface area contributed by atoms with Crippen LogP contribution in [0.15, 0.2) is 0 Å². The second-order valence-electron chi connectivity index (χ2n) is 7.55. The van der Waals surface area contributed by atoms with Crippen LogP contribution in [0, 0.1) is 17.3 Å². The first-order valence-electron chi connectivity index (χ1n) is 8.40. The lowest BCUT2D eigenvalue weighted by molar-refractivity contribution is -0.141. The molecule has 1 heterocycles. The van der Waals surface area contributed by atoms with Gasteiger partial charge in [0.05, 0.1) is 18.6 Å². The van der Waals surface area contributed by atoms with E-state index in [4.69, 9.17) is 4.74 Å². The average Bonchev–Trinajstić information content (AvgIpc) is 2.89. The molecule has 2 unspecified atom stereocenters. The van der Waals surface area contributed by atoms with Crippen LogP contribution in [0.2, 0.25) is 0 Å². The van der Waals surface area contributed by atoms with Crippen LogP contribution in [-0.2, 0) is 9.53 Å². The number of carbonyl (C=O) groups excluding carboxylic acids is 1. The van der Waals surface area contributed by atoms with Crippen LogP contribution in [0.4, 0.5) is 0 Å². The predicted molar refractivity (Wildman–Crippen MR) is 80.6 cm³/mol. The summed E-state index contributed by atoms with van der Waals surface area (Å²) in [5.41, 5.74) is -0.0824. The Morgan fingerprint density at radius 2 is 2.14 bits per heavy atom. The predicted octanol–water partition coefficient (Wildman–Crippen LogP) is 2.66. The van der Waals surface area contributed by atoms with Crippen LogP contribution in [0.25, 0.3) is 0 Å². The minimum absolute atomic E-state index is 0.0824. The lowest BCUT2D eigenvalue weighted by atomic mass is 9.77. The summed E-state index contributed by atoms with van der Waals surface area (Å²) in [7, 11) is 0. The van der Waals surface area contributed by atoms with E-state index in [0.29, 0.717) is 19.3 Å². The molecule has 21 heavy (non-hydrogen) atoms. The summed E-state index contributed by atoms with van der Waals surface area (Å²) in [4.78, 5) is 11.4. The highest BCUT2D eigenvalue weighted by molar-refractivity contribution is 5.72. The molecule has 0 aromatic carbocycles. The highest BCUT2D eigenvalue weighted by Gasteiger charge is 2.49. The van der Waals surface area contributed by atoms with Gasteiger partial charge in [-0.2, -0.15) is 0 Å². The maximum Gasteiger partial charge on any atom is 0.306 e. The largest absolute Gasteiger partial charge is 0.462 e.